The normalized spacial score (nSPS) is 10.6. The van der Waals surface area contributed by atoms with Crippen molar-refractivity contribution in [1.29, 1.82) is 0 Å². The standard InChI is InChI=1S/C15H15BrClNO/c1-9-5-12(6-10(2)15(9)17)19-14-4-3-11(8-18)7-13(14)16/h3-7H,8,18H2,1-2H3. The lowest BCUT2D eigenvalue weighted by Crippen LogP contribution is -1.96. The van der Waals surface area contributed by atoms with Gasteiger partial charge in [-0.05, 0) is 70.7 Å². The summed E-state index contributed by atoms with van der Waals surface area (Å²) in [4.78, 5) is 0. The van der Waals surface area contributed by atoms with Crippen molar-refractivity contribution in [3.8, 4) is 11.5 Å². The average Bonchev–Trinajstić information content (AvgIpc) is 2.38. The van der Waals surface area contributed by atoms with Gasteiger partial charge in [-0.2, -0.15) is 0 Å². The van der Waals surface area contributed by atoms with E-state index in [0.29, 0.717) is 6.54 Å². The van der Waals surface area contributed by atoms with Crippen molar-refractivity contribution >= 4 is 27.5 Å². The first kappa shape index (κ1) is 14.4. The maximum atomic E-state index is 6.14. The van der Waals surface area contributed by atoms with Crippen molar-refractivity contribution in [2.24, 2.45) is 5.73 Å². The number of aryl methyl sites for hydroxylation is 2. The zero-order valence-corrected chi connectivity index (χ0v) is 13.2. The maximum absolute atomic E-state index is 6.14. The lowest BCUT2D eigenvalue weighted by atomic mass is 10.1. The van der Waals surface area contributed by atoms with Gasteiger partial charge in [0.05, 0.1) is 4.47 Å². The molecule has 0 radical (unpaired) electrons. The molecular weight excluding hydrogens is 326 g/mol. The summed E-state index contributed by atoms with van der Waals surface area (Å²) in [5.41, 5.74) is 8.67. The molecule has 2 N–H and O–H groups in total. The van der Waals surface area contributed by atoms with Gasteiger partial charge in [0.25, 0.3) is 0 Å². The molecule has 0 bridgehead atoms. The third kappa shape index (κ3) is 3.30. The fourth-order valence-electron chi connectivity index (χ4n) is 1.85. The van der Waals surface area contributed by atoms with Gasteiger partial charge < -0.3 is 10.5 Å². The van der Waals surface area contributed by atoms with E-state index in [1.54, 1.807) is 0 Å². The second kappa shape index (κ2) is 5.95. The molecule has 0 atom stereocenters. The Labute approximate surface area is 126 Å². The lowest BCUT2D eigenvalue weighted by Gasteiger charge is -2.11. The number of hydrogen-bond acceptors (Lipinski definition) is 2. The smallest absolute Gasteiger partial charge is 0.141 e. The monoisotopic (exact) mass is 339 g/mol. The second-order valence-corrected chi connectivity index (χ2v) is 5.67. The SMILES string of the molecule is Cc1cc(Oc2ccc(CN)cc2Br)cc(C)c1Cl. The number of nitrogens with two attached hydrogens (primary N) is 1. The summed E-state index contributed by atoms with van der Waals surface area (Å²) in [7, 11) is 0. The molecule has 2 nitrogen and oxygen atoms in total. The molecule has 0 aliphatic rings. The minimum Gasteiger partial charge on any atom is -0.456 e. The van der Waals surface area contributed by atoms with E-state index in [-0.39, 0.29) is 0 Å². The fourth-order valence-corrected chi connectivity index (χ4v) is 2.46. The van der Waals surface area contributed by atoms with E-state index in [1.165, 1.54) is 0 Å². The van der Waals surface area contributed by atoms with Gasteiger partial charge in [0, 0.05) is 11.6 Å². The highest BCUT2D eigenvalue weighted by molar-refractivity contribution is 9.10. The van der Waals surface area contributed by atoms with E-state index in [2.05, 4.69) is 15.9 Å². The van der Waals surface area contributed by atoms with Crippen molar-refractivity contribution in [3.63, 3.8) is 0 Å². The molecule has 4 heteroatoms. The van der Waals surface area contributed by atoms with Crippen LogP contribution >= 0.6 is 27.5 Å². The predicted octanol–water partition coefficient (Wildman–Crippen LogP) is 4.97. The van der Waals surface area contributed by atoms with E-state index in [4.69, 9.17) is 22.1 Å². The van der Waals surface area contributed by atoms with Crippen molar-refractivity contribution in [3.05, 3.63) is 56.5 Å². The van der Waals surface area contributed by atoms with Crippen LogP contribution in [0.3, 0.4) is 0 Å². The molecule has 2 aromatic rings. The number of benzene rings is 2. The van der Waals surface area contributed by atoms with Gasteiger partial charge in [-0.25, -0.2) is 0 Å². The molecule has 0 unspecified atom stereocenters. The van der Waals surface area contributed by atoms with Crippen LogP contribution in [-0.4, -0.2) is 0 Å². The van der Waals surface area contributed by atoms with Crippen LogP contribution in [0.25, 0.3) is 0 Å². The zero-order chi connectivity index (χ0) is 14.0. The van der Waals surface area contributed by atoms with E-state index in [9.17, 15) is 0 Å². The summed E-state index contributed by atoms with van der Waals surface area (Å²) in [6.45, 7) is 4.45. The topological polar surface area (TPSA) is 35.2 Å². The molecule has 0 heterocycles. The van der Waals surface area contributed by atoms with Gasteiger partial charge in [-0.1, -0.05) is 17.7 Å². The average molecular weight is 341 g/mol. The first-order valence-corrected chi connectivity index (χ1v) is 7.11. The second-order valence-electron chi connectivity index (χ2n) is 4.44. The molecule has 0 aromatic heterocycles. The number of ether oxygens (including phenoxy) is 1. The van der Waals surface area contributed by atoms with Gasteiger partial charge in [0.15, 0.2) is 0 Å². The molecule has 0 fully saturated rings. The quantitative estimate of drug-likeness (QED) is 0.856. The van der Waals surface area contributed by atoms with Crippen molar-refractivity contribution in [2.75, 3.05) is 0 Å². The van der Waals surface area contributed by atoms with Gasteiger partial charge in [-0.15, -0.1) is 0 Å². The Morgan fingerprint density at radius 2 is 1.79 bits per heavy atom. The van der Waals surface area contributed by atoms with Gasteiger partial charge in [-0.3, -0.25) is 0 Å². The van der Waals surface area contributed by atoms with E-state index < -0.39 is 0 Å². The molecule has 0 aliphatic heterocycles. The Bertz CT molecular complexity index is 590. The van der Waals surface area contributed by atoms with E-state index in [0.717, 1.165) is 37.7 Å². The van der Waals surface area contributed by atoms with Crippen molar-refractivity contribution in [2.45, 2.75) is 20.4 Å². The Balaban J connectivity index is 2.31. The van der Waals surface area contributed by atoms with Crippen LogP contribution in [0.15, 0.2) is 34.8 Å². The molecular formula is C15H15BrClNO. The summed E-state index contributed by atoms with van der Waals surface area (Å²) in [5, 5.41) is 0.782. The predicted molar refractivity (Wildman–Crippen MR) is 83.0 cm³/mol. The first-order chi connectivity index (χ1) is 9.01. The van der Waals surface area contributed by atoms with Crippen LogP contribution in [0.2, 0.25) is 5.02 Å². The van der Waals surface area contributed by atoms with Crippen LogP contribution in [0, 0.1) is 13.8 Å². The molecule has 100 valence electrons. The Morgan fingerprint density at radius 1 is 1.16 bits per heavy atom. The summed E-state index contributed by atoms with van der Waals surface area (Å²) >= 11 is 9.64. The third-order valence-electron chi connectivity index (χ3n) is 2.87. The Kier molecular flexibility index (Phi) is 4.50. The van der Waals surface area contributed by atoms with E-state index >= 15 is 0 Å². The minimum atomic E-state index is 0.512. The number of rotatable bonds is 3. The van der Waals surface area contributed by atoms with Crippen molar-refractivity contribution in [1.82, 2.24) is 0 Å². The lowest BCUT2D eigenvalue weighted by molar-refractivity contribution is 0.478. The Morgan fingerprint density at radius 3 is 2.32 bits per heavy atom. The largest absolute Gasteiger partial charge is 0.456 e. The highest BCUT2D eigenvalue weighted by Gasteiger charge is 2.07. The molecule has 0 saturated carbocycles. The molecule has 0 aliphatic carbocycles. The fraction of sp³-hybridized carbons (Fsp3) is 0.200. The van der Waals surface area contributed by atoms with Gasteiger partial charge in [0.1, 0.15) is 11.5 Å². The molecule has 2 aromatic carbocycles. The van der Waals surface area contributed by atoms with Gasteiger partial charge in [0.2, 0.25) is 0 Å². The molecule has 0 spiro atoms. The molecule has 2 rings (SSSR count). The zero-order valence-electron chi connectivity index (χ0n) is 10.8. The van der Waals surface area contributed by atoms with E-state index in [1.807, 2.05) is 44.2 Å². The molecule has 0 amide bonds. The minimum absolute atomic E-state index is 0.512. The van der Waals surface area contributed by atoms with Crippen LogP contribution in [-0.2, 0) is 6.54 Å². The maximum Gasteiger partial charge on any atom is 0.141 e. The number of hydrogen-bond donors (Lipinski definition) is 1. The van der Waals surface area contributed by atoms with Crippen LogP contribution < -0.4 is 10.5 Å². The number of halogens is 2. The highest BCUT2D eigenvalue weighted by Crippen LogP contribution is 2.33. The summed E-state index contributed by atoms with van der Waals surface area (Å²) in [6.07, 6.45) is 0. The van der Waals surface area contributed by atoms with Crippen molar-refractivity contribution < 1.29 is 4.74 Å². The van der Waals surface area contributed by atoms with Gasteiger partial charge >= 0.3 is 0 Å². The third-order valence-corrected chi connectivity index (χ3v) is 4.09. The summed E-state index contributed by atoms with van der Waals surface area (Å²) in [6, 6.07) is 9.68. The molecule has 0 saturated heterocycles. The van der Waals surface area contributed by atoms with Crippen LogP contribution in [0.1, 0.15) is 16.7 Å². The van der Waals surface area contributed by atoms with Crippen LogP contribution in [0.4, 0.5) is 0 Å². The molecule has 19 heavy (non-hydrogen) atoms. The summed E-state index contributed by atoms with van der Waals surface area (Å²) in [5.74, 6) is 1.54. The Hall–Kier alpha value is -1.03. The summed E-state index contributed by atoms with van der Waals surface area (Å²) < 4.78 is 6.77. The van der Waals surface area contributed by atoms with Crippen LogP contribution in [0.5, 0.6) is 11.5 Å². The highest BCUT2D eigenvalue weighted by atomic mass is 79.9. The first-order valence-electron chi connectivity index (χ1n) is 5.94.